The van der Waals surface area contributed by atoms with E-state index in [0.29, 0.717) is 11.0 Å². The van der Waals surface area contributed by atoms with Gasteiger partial charge in [0.2, 0.25) is 11.1 Å². The maximum absolute atomic E-state index is 13.9. The summed E-state index contributed by atoms with van der Waals surface area (Å²) in [4.78, 5) is 12.1. The molecule has 152 valence electrons. The molecule has 1 amide bonds. The summed E-state index contributed by atoms with van der Waals surface area (Å²) in [6.45, 7) is 8.23. The molecule has 0 aliphatic heterocycles. The molecule has 0 fully saturated rings. The van der Waals surface area contributed by atoms with Crippen LogP contribution in [-0.4, -0.2) is 26.5 Å². The molecule has 0 saturated heterocycles. The summed E-state index contributed by atoms with van der Waals surface area (Å²) < 4.78 is 15.2. The number of nitrogens with zero attached hydrogens (tertiary/aromatic N) is 3. The zero-order valence-corrected chi connectivity index (χ0v) is 17.7. The largest absolute Gasteiger partial charge is 0.335 e. The van der Waals surface area contributed by atoms with Crippen LogP contribution in [0.15, 0.2) is 47.6 Å². The molecule has 3 aromatic rings. The van der Waals surface area contributed by atoms with E-state index in [4.69, 9.17) is 5.84 Å². The summed E-state index contributed by atoms with van der Waals surface area (Å²) in [5.74, 6) is 5.85. The van der Waals surface area contributed by atoms with E-state index in [9.17, 15) is 9.18 Å². The van der Waals surface area contributed by atoms with Gasteiger partial charge in [-0.25, -0.2) is 9.07 Å². The first-order valence-electron chi connectivity index (χ1n) is 9.15. The summed E-state index contributed by atoms with van der Waals surface area (Å²) >= 11 is 1.14. The average Bonchev–Trinajstić information content (AvgIpc) is 3.02. The van der Waals surface area contributed by atoms with Crippen LogP contribution in [0.3, 0.4) is 0 Å². The second-order valence-electron chi connectivity index (χ2n) is 7.82. The molecular weight excluding hydrogens is 389 g/mol. The van der Waals surface area contributed by atoms with Gasteiger partial charge in [-0.3, -0.25) is 4.79 Å². The molecule has 0 aliphatic rings. The molecule has 0 saturated carbocycles. The number of hydrogen-bond donors (Lipinski definition) is 2. The van der Waals surface area contributed by atoms with Crippen LogP contribution in [0.25, 0.3) is 11.4 Å². The highest BCUT2D eigenvalue weighted by molar-refractivity contribution is 7.99. The van der Waals surface area contributed by atoms with Crippen molar-refractivity contribution >= 4 is 23.4 Å². The van der Waals surface area contributed by atoms with E-state index in [2.05, 4.69) is 36.3 Å². The number of rotatable bonds is 5. The number of amides is 1. The number of thioether (sulfide) groups is 1. The molecular formula is C21H24FN5OS. The van der Waals surface area contributed by atoms with Gasteiger partial charge in [0.1, 0.15) is 5.82 Å². The summed E-state index contributed by atoms with van der Waals surface area (Å²) in [7, 11) is 0. The van der Waals surface area contributed by atoms with Crippen LogP contribution in [0.1, 0.15) is 31.9 Å². The molecule has 0 aliphatic carbocycles. The van der Waals surface area contributed by atoms with Crippen LogP contribution in [0.2, 0.25) is 0 Å². The maximum Gasteiger partial charge on any atom is 0.234 e. The number of nitrogen functional groups attached to an aromatic ring is 1. The minimum absolute atomic E-state index is 0.0333. The molecule has 2 aromatic carbocycles. The van der Waals surface area contributed by atoms with Gasteiger partial charge < -0.3 is 11.2 Å². The van der Waals surface area contributed by atoms with Crippen LogP contribution in [-0.2, 0) is 10.2 Å². The van der Waals surface area contributed by atoms with Crippen molar-refractivity contribution in [1.29, 1.82) is 0 Å². The molecule has 0 radical (unpaired) electrons. The van der Waals surface area contributed by atoms with Gasteiger partial charge in [-0.1, -0.05) is 62.9 Å². The predicted octanol–water partition coefficient (Wildman–Crippen LogP) is 4.13. The lowest BCUT2D eigenvalue weighted by Gasteiger charge is -2.19. The van der Waals surface area contributed by atoms with Crippen molar-refractivity contribution in [2.75, 3.05) is 16.9 Å². The van der Waals surface area contributed by atoms with Crippen LogP contribution in [0.4, 0.5) is 10.1 Å². The molecule has 0 bridgehead atoms. The first-order chi connectivity index (χ1) is 13.6. The number of aryl methyl sites for hydroxylation is 1. The Morgan fingerprint density at radius 1 is 1.17 bits per heavy atom. The Kier molecular flexibility index (Phi) is 5.93. The van der Waals surface area contributed by atoms with Crippen molar-refractivity contribution < 1.29 is 9.18 Å². The number of benzene rings is 2. The van der Waals surface area contributed by atoms with Gasteiger partial charge in [0.05, 0.1) is 11.4 Å². The van der Waals surface area contributed by atoms with Gasteiger partial charge in [-0.15, -0.1) is 10.2 Å². The molecule has 3 rings (SSSR count). The molecule has 0 spiro atoms. The highest BCUT2D eigenvalue weighted by atomic mass is 32.2. The van der Waals surface area contributed by atoms with Crippen molar-refractivity contribution in [1.82, 2.24) is 14.9 Å². The van der Waals surface area contributed by atoms with E-state index >= 15 is 0 Å². The number of hydrogen-bond acceptors (Lipinski definition) is 5. The van der Waals surface area contributed by atoms with Crippen LogP contribution in [0, 0.1) is 12.7 Å². The Morgan fingerprint density at radius 2 is 1.86 bits per heavy atom. The number of nitrogens with two attached hydrogens (primary N) is 1. The Bertz CT molecular complexity index is 1020. The van der Waals surface area contributed by atoms with Gasteiger partial charge >= 0.3 is 0 Å². The molecule has 29 heavy (non-hydrogen) atoms. The monoisotopic (exact) mass is 413 g/mol. The quantitative estimate of drug-likeness (QED) is 0.485. The van der Waals surface area contributed by atoms with Crippen molar-refractivity contribution in [3.05, 3.63) is 59.4 Å². The maximum atomic E-state index is 13.9. The molecule has 0 atom stereocenters. The second-order valence-corrected chi connectivity index (χ2v) is 8.77. The molecule has 3 N–H and O–H groups in total. The van der Waals surface area contributed by atoms with Crippen molar-refractivity contribution in [2.45, 2.75) is 38.3 Å². The second kappa shape index (κ2) is 8.24. The smallest absolute Gasteiger partial charge is 0.234 e. The lowest BCUT2D eigenvalue weighted by Crippen LogP contribution is -2.17. The topological polar surface area (TPSA) is 85.8 Å². The van der Waals surface area contributed by atoms with Crippen molar-refractivity contribution in [2.24, 2.45) is 0 Å². The van der Waals surface area contributed by atoms with E-state index in [1.165, 1.54) is 22.4 Å². The van der Waals surface area contributed by atoms with Crippen LogP contribution in [0.5, 0.6) is 0 Å². The number of aromatic nitrogens is 3. The van der Waals surface area contributed by atoms with E-state index < -0.39 is 5.82 Å². The van der Waals surface area contributed by atoms with Gasteiger partial charge in [-0.05, 0) is 35.6 Å². The van der Waals surface area contributed by atoms with E-state index in [0.717, 1.165) is 22.9 Å². The van der Waals surface area contributed by atoms with E-state index in [1.54, 1.807) is 13.0 Å². The fourth-order valence-electron chi connectivity index (χ4n) is 2.73. The van der Waals surface area contributed by atoms with Gasteiger partial charge in [0.25, 0.3) is 0 Å². The SMILES string of the molecule is Cc1ccc(NC(=O)CSc2nnc(-c3ccc(C(C)(C)C)cc3)n2N)c(F)c1. The normalized spacial score (nSPS) is 11.5. The predicted molar refractivity (Wildman–Crippen MR) is 115 cm³/mol. The first kappa shape index (κ1) is 20.9. The lowest BCUT2D eigenvalue weighted by atomic mass is 9.87. The number of carbonyl (C=O) groups is 1. The molecule has 1 heterocycles. The standard InChI is InChI=1S/C21H24FN5OS/c1-13-5-10-17(16(22)11-13)24-18(28)12-29-20-26-25-19(27(20)23)14-6-8-15(9-7-14)21(2,3)4/h5-11H,12,23H2,1-4H3,(H,24,28). The summed E-state index contributed by atoms with van der Waals surface area (Å²) in [6.07, 6.45) is 0. The van der Waals surface area contributed by atoms with Gasteiger partial charge in [0, 0.05) is 5.56 Å². The zero-order chi connectivity index (χ0) is 21.2. The fraction of sp³-hybridized carbons (Fsp3) is 0.286. The molecule has 0 unspecified atom stereocenters. The number of halogens is 1. The van der Waals surface area contributed by atoms with E-state index in [1.807, 2.05) is 24.3 Å². The van der Waals surface area contributed by atoms with Crippen LogP contribution < -0.4 is 11.2 Å². The number of anilines is 1. The molecule has 6 nitrogen and oxygen atoms in total. The summed E-state index contributed by atoms with van der Waals surface area (Å²) in [6, 6.07) is 12.6. The van der Waals surface area contributed by atoms with E-state index in [-0.39, 0.29) is 22.8 Å². The van der Waals surface area contributed by atoms with Crippen LogP contribution >= 0.6 is 11.8 Å². The highest BCUT2D eigenvalue weighted by Crippen LogP contribution is 2.26. The van der Waals surface area contributed by atoms with Crippen molar-refractivity contribution in [3.63, 3.8) is 0 Å². The third-order valence-corrected chi connectivity index (χ3v) is 5.35. The third-order valence-electron chi connectivity index (χ3n) is 4.40. The summed E-state index contributed by atoms with van der Waals surface area (Å²) in [5.41, 5.74) is 3.04. The Morgan fingerprint density at radius 3 is 2.48 bits per heavy atom. The van der Waals surface area contributed by atoms with Gasteiger partial charge in [0.15, 0.2) is 5.82 Å². The molecule has 1 aromatic heterocycles. The highest BCUT2D eigenvalue weighted by Gasteiger charge is 2.17. The Hall–Kier alpha value is -2.87. The zero-order valence-electron chi connectivity index (χ0n) is 16.9. The third kappa shape index (κ3) is 4.95. The fourth-order valence-corrected chi connectivity index (χ4v) is 3.39. The lowest BCUT2D eigenvalue weighted by molar-refractivity contribution is -0.113. The first-order valence-corrected chi connectivity index (χ1v) is 10.1. The minimum atomic E-state index is -0.466. The summed E-state index contributed by atoms with van der Waals surface area (Å²) in [5, 5.41) is 11.2. The number of nitrogens with one attached hydrogen (secondary N) is 1. The molecule has 8 heteroatoms. The number of carbonyl (C=O) groups excluding carboxylic acids is 1. The van der Waals surface area contributed by atoms with Crippen molar-refractivity contribution in [3.8, 4) is 11.4 Å². The average molecular weight is 414 g/mol. The van der Waals surface area contributed by atoms with Gasteiger partial charge in [-0.2, -0.15) is 0 Å². The Labute approximate surface area is 173 Å². The Balaban J connectivity index is 1.66. The minimum Gasteiger partial charge on any atom is -0.335 e.